The first kappa shape index (κ1) is 9.06. The van der Waals surface area contributed by atoms with Crippen LogP contribution >= 0.6 is 0 Å². The number of hydrogen-bond donors (Lipinski definition) is 1. The lowest BCUT2D eigenvalue weighted by molar-refractivity contribution is 0.405. The highest BCUT2D eigenvalue weighted by molar-refractivity contribution is 5.24. The Morgan fingerprint density at radius 2 is 2.42 bits per heavy atom. The van der Waals surface area contributed by atoms with E-state index in [1.165, 1.54) is 0 Å². The first-order valence-electron chi connectivity index (χ1n) is 4.06. The van der Waals surface area contributed by atoms with Crippen LogP contribution < -0.4 is 10.1 Å². The minimum atomic E-state index is 0.789. The molecule has 0 saturated carbocycles. The number of nitrogens with zero attached hydrogens (tertiary/aromatic N) is 2. The average molecular weight is 169 g/mol. The molecular weight excluding hydrogens is 154 g/mol. The van der Waals surface area contributed by atoms with Gasteiger partial charge in [0.2, 0.25) is 0 Å². The Hall–Kier alpha value is -1.03. The normalized spacial score (nSPS) is 10.2. The highest BCUT2D eigenvalue weighted by Gasteiger charge is 2.07. The summed E-state index contributed by atoms with van der Waals surface area (Å²) in [4.78, 5) is 0. The summed E-state index contributed by atoms with van der Waals surface area (Å²) in [6.45, 7) is 3.73. The van der Waals surface area contributed by atoms with Gasteiger partial charge in [-0.3, -0.25) is 4.68 Å². The zero-order valence-corrected chi connectivity index (χ0v) is 7.79. The van der Waals surface area contributed by atoms with Crippen molar-refractivity contribution in [2.45, 2.75) is 20.0 Å². The van der Waals surface area contributed by atoms with Gasteiger partial charge in [0.15, 0.2) is 5.75 Å². The van der Waals surface area contributed by atoms with Crippen molar-refractivity contribution in [3.8, 4) is 5.75 Å². The SMILES string of the molecule is CCn1ncc(OC)c1CNC. The molecule has 0 bridgehead atoms. The molecule has 4 heteroatoms. The maximum atomic E-state index is 5.16. The summed E-state index contributed by atoms with van der Waals surface area (Å²) in [5, 5.41) is 7.25. The summed E-state index contributed by atoms with van der Waals surface area (Å²) in [5.41, 5.74) is 1.10. The van der Waals surface area contributed by atoms with Crippen LogP contribution in [0.4, 0.5) is 0 Å². The maximum Gasteiger partial charge on any atom is 0.161 e. The van der Waals surface area contributed by atoms with Crippen LogP contribution in [0.2, 0.25) is 0 Å². The van der Waals surface area contributed by atoms with E-state index in [2.05, 4.69) is 17.3 Å². The molecule has 1 aromatic rings. The van der Waals surface area contributed by atoms with Crippen molar-refractivity contribution in [3.05, 3.63) is 11.9 Å². The Morgan fingerprint density at radius 3 is 2.92 bits per heavy atom. The predicted octanol–water partition coefficient (Wildman–Crippen LogP) is 0.631. The monoisotopic (exact) mass is 169 g/mol. The molecule has 0 aliphatic carbocycles. The Morgan fingerprint density at radius 1 is 1.67 bits per heavy atom. The number of methoxy groups -OCH3 is 1. The van der Waals surface area contributed by atoms with E-state index in [0.717, 1.165) is 24.5 Å². The van der Waals surface area contributed by atoms with E-state index in [-0.39, 0.29) is 0 Å². The molecule has 0 saturated heterocycles. The Kier molecular flexibility index (Phi) is 3.10. The van der Waals surface area contributed by atoms with Crippen molar-refractivity contribution >= 4 is 0 Å². The summed E-state index contributed by atoms with van der Waals surface area (Å²) in [5.74, 6) is 0.853. The first-order chi connectivity index (χ1) is 5.83. The van der Waals surface area contributed by atoms with E-state index in [4.69, 9.17) is 4.74 Å². The number of rotatable bonds is 4. The highest BCUT2D eigenvalue weighted by Crippen LogP contribution is 2.16. The molecule has 4 nitrogen and oxygen atoms in total. The van der Waals surface area contributed by atoms with Crippen molar-refractivity contribution in [1.29, 1.82) is 0 Å². The molecule has 1 N–H and O–H groups in total. The Labute approximate surface area is 72.5 Å². The fraction of sp³-hybridized carbons (Fsp3) is 0.625. The fourth-order valence-corrected chi connectivity index (χ4v) is 1.18. The van der Waals surface area contributed by atoms with E-state index >= 15 is 0 Å². The molecule has 1 rings (SSSR count). The molecule has 1 aromatic heterocycles. The van der Waals surface area contributed by atoms with Gasteiger partial charge in [0.25, 0.3) is 0 Å². The second kappa shape index (κ2) is 4.11. The Bertz CT molecular complexity index is 223. The fourth-order valence-electron chi connectivity index (χ4n) is 1.18. The largest absolute Gasteiger partial charge is 0.493 e. The smallest absolute Gasteiger partial charge is 0.161 e. The zero-order valence-electron chi connectivity index (χ0n) is 7.79. The maximum absolute atomic E-state index is 5.16. The van der Waals surface area contributed by atoms with Gasteiger partial charge in [-0.15, -0.1) is 0 Å². The van der Waals surface area contributed by atoms with Crippen LogP contribution in [-0.2, 0) is 13.1 Å². The molecular formula is C8H15N3O. The van der Waals surface area contributed by atoms with Crippen molar-refractivity contribution in [3.63, 3.8) is 0 Å². The van der Waals surface area contributed by atoms with E-state index in [9.17, 15) is 0 Å². The molecule has 0 fully saturated rings. The third kappa shape index (κ3) is 1.58. The molecule has 0 aliphatic rings. The van der Waals surface area contributed by atoms with Crippen molar-refractivity contribution in [1.82, 2.24) is 15.1 Å². The third-order valence-corrected chi connectivity index (χ3v) is 1.77. The van der Waals surface area contributed by atoms with Crippen molar-refractivity contribution < 1.29 is 4.74 Å². The highest BCUT2D eigenvalue weighted by atomic mass is 16.5. The van der Waals surface area contributed by atoms with Gasteiger partial charge in [-0.2, -0.15) is 5.10 Å². The topological polar surface area (TPSA) is 39.1 Å². The van der Waals surface area contributed by atoms with E-state index in [1.54, 1.807) is 13.3 Å². The number of hydrogen-bond acceptors (Lipinski definition) is 3. The summed E-state index contributed by atoms with van der Waals surface area (Å²) in [7, 11) is 3.57. The van der Waals surface area contributed by atoms with Gasteiger partial charge in [-0.25, -0.2) is 0 Å². The van der Waals surface area contributed by atoms with Crippen LogP contribution in [0.1, 0.15) is 12.6 Å². The van der Waals surface area contributed by atoms with Crippen molar-refractivity contribution in [2.24, 2.45) is 0 Å². The number of ether oxygens (including phenoxy) is 1. The van der Waals surface area contributed by atoms with Crippen LogP contribution in [0.25, 0.3) is 0 Å². The number of nitrogens with one attached hydrogen (secondary N) is 1. The van der Waals surface area contributed by atoms with Crippen LogP contribution in [0.5, 0.6) is 5.75 Å². The van der Waals surface area contributed by atoms with Crippen molar-refractivity contribution in [2.75, 3.05) is 14.2 Å². The molecule has 0 unspecified atom stereocenters. The van der Waals surface area contributed by atoms with Crippen LogP contribution in [0.15, 0.2) is 6.20 Å². The minimum Gasteiger partial charge on any atom is -0.493 e. The molecule has 0 spiro atoms. The van der Waals surface area contributed by atoms with E-state index < -0.39 is 0 Å². The minimum absolute atomic E-state index is 0.789. The van der Waals surface area contributed by atoms with Crippen LogP contribution in [-0.4, -0.2) is 23.9 Å². The van der Waals surface area contributed by atoms with Gasteiger partial charge in [0, 0.05) is 13.1 Å². The molecule has 0 aromatic carbocycles. The summed E-state index contributed by atoms with van der Waals surface area (Å²) in [6.07, 6.45) is 1.75. The lowest BCUT2D eigenvalue weighted by Gasteiger charge is -2.05. The number of aromatic nitrogens is 2. The molecule has 68 valence electrons. The third-order valence-electron chi connectivity index (χ3n) is 1.77. The Balaban J connectivity index is 2.90. The van der Waals surface area contributed by atoms with Crippen LogP contribution in [0, 0.1) is 0 Å². The predicted molar refractivity (Wildman–Crippen MR) is 47.2 cm³/mol. The number of aryl methyl sites for hydroxylation is 1. The summed E-state index contributed by atoms with van der Waals surface area (Å²) in [6, 6.07) is 0. The van der Waals surface area contributed by atoms with Gasteiger partial charge in [-0.1, -0.05) is 0 Å². The van der Waals surface area contributed by atoms with Gasteiger partial charge in [-0.05, 0) is 14.0 Å². The summed E-state index contributed by atoms with van der Waals surface area (Å²) < 4.78 is 7.08. The van der Waals surface area contributed by atoms with E-state index in [1.807, 2.05) is 11.7 Å². The standard InChI is InChI=1S/C8H15N3O/c1-4-11-7(5-9-2)8(12-3)6-10-11/h6,9H,4-5H2,1-3H3. The molecule has 0 radical (unpaired) electrons. The molecule has 0 atom stereocenters. The second-order valence-electron chi connectivity index (χ2n) is 2.51. The van der Waals surface area contributed by atoms with Gasteiger partial charge in [0.05, 0.1) is 19.0 Å². The second-order valence-corrected chi connectivity index (χ2v) is 2.51. The van der Waals surface area contributed by atoms with Crippen LogP contribution in [0.3, 0.4) is 0 Å². The van der Waals surface area contributed by atoms with Gasteiger partial charge >= 0.3 is 0 Å². The molecule has 0 amide bonds. The quantitative estimate of drug-likeness (QED) is 0.718. The van der Waals surface area contributed by atoms with Gasteiger partial charge in [0.1, 0.15) is 0 Å². The van der Waals surface area contributed by atoms with E-state index in [0.29, 0.717) is 0 Å². The molecule has 1 heterocycles. The molecule has 0 aliphatic heterocycles. The average Bonchev–Trinajstić information content (AvgIpc) is 2.48. The molecule has 12 heavy (non-hydrogen) atoms. The first-order valence-corrected chi connectivity index (χ1v) is 4.06. The lowest BCUT2D eigenvalue weighted by Crippen LogP contribution is -2.12. The van der Waals surface area contributed by atoms with Gasteiger partial charge < -0.3 is 10.1 Å². The summed E-state index contributed by atoms with van der Waals surface area (Å²) >= 11 is 0. The zero-order chi connectivity index (χ0) is 8.97. The lowest BCUT2D eigenvalue weighted by atomic mass is 10.4.